The maximum absolute atomic E-state index is 13.6. The first-order valence-corrected chi connectivity index (χ1v) is 22.0. The number of ketones is 1. The molecule has 0 aromatic heterocycles. The Morgan fingerprint density at radius 2 is 1.42 bits per heavy atom. The van der Waals surface area contributed by atoms with Crippen LogP contribution in [0, 0.1) is 0 Å². The van der Waals surface area contributed by atoms with Gasteiger partial charge in [0.2, 0.25) is 11.4 Å². The number of aliphatic carboxylic acids is 1. The molecular weight excluding hydrogens is 764 g/mol. The summed E-state index contributed by atoms with van der Waals surface area (Å²) >= 11 is 0. The van der Waals surface area contributed by atoms with Gasteiger partial charge in [0.15, 0.2) is 5.60 Å². The van der Waals surface area contributed by atoms with E-state index in [1.807, 2.05) is 0 Å². The first kappa shape index (κ1) is 53.6. The van der Waals surface area contributed by atoms with Crippen molar-refractivity contribution in [2.24, 2.45) is 5.73 Å². The van der Waals surface area contributed by atoms with Crippen molar-refractivity contribution < 1.29 is 63.4 Å². The van der Waals surface area contributed by atoms with Crippen LogP contribution in [0.5, 0.6) is 0 Å². The molecule has 59 heavy (non-hydrogen) atoms. The van der Waals surface area contributed by atoms with Gasteiger partial charge in [-0.2, -0.15) is 0 Å². The number of nitrogens with two attached hydrogens (primary N) is 1. The average molecular weight is 841 g/mol. The Bertz CT molecular complexity index is 1330. The molecule has 0 bridgehead atoms. The smallest absolute Gasteiger partial charge is 0.337 e. The van der Waals surface area contributed by atoms with Crippen molar-refractivity contribution in [1.82, 2.24) is 5.32 Å². The summed E-state index contributed by atoms with van der Waals surface area (Å²) in [6.45, 7) is 3.03. The van der Waals surface area contributed by atoms with E-state index in [2.05, 4.69) is 12.2 Å². The number of carbonyl (C=O) groups excluding carboxylic acids is 5. The Balaban J connectivity index is 3.66. The van der Waals surface area contributed by atoms with Crippen LogP contribution in [0.4, 0.5) is 0 Å². The second kappa shape index (κ2) is 29.0. The van der Waals surface area contributed by atoms with Crippen molar-refractivity contribution in [2.75, 3.05) is 13.2 Å². The van der Waals surface area contributed by atoms with Crippen LogP contribution in [-0.4, -0.2) is 104 Å². The van der Waals surface area contributed by atoms with Crippen molar-refractivity contribution in [2.45, 2.75) is 217 Å². The molecule has 0 radical (unpaired) electrons. The summed E-state index contributed by atoms with van der Waals surface area (Å²) in [7, 11) is 0. The molecule has 6 unspecified atom stereocenters. The Labute approximate surface area is 351 Å². The van der Waals surface area contributed by atoms with Crippen LogP contribution in [0.1, 0.15) is 182 Å². The molecule has 7 N–H and O–H groups in total. The fourth-order valence-corrected chi connectivity index (χ4v) is 7.87. The first-order valence-electron chi connectivity index (χ1n) is 22.0. The second-order valence-electron chi connectivity index (χ2n) is 16.5. The van der Waals surface area contributed by atoms with Gasteiger partial charge in [-0.25, -0.2) is 4.79 Å². The summed E-state index contributed by atoms with van der Waals surface area (Å²) in [5, 5.41) is 47.1. The lowest BCUT2D eigenvalue weighted by Crippen LogP contribution is -2.80. The summed E-state index contributed by atoms with van der Waals surface area (Å²) in [6, 6.07) is 0. The molecule has 0 spiro atoms. The average Bonchev–Trinajstić information content (AvgIpc) is 3.17. The summed E-state index contributed by atoms with van der Waals surface area (Å²) in [5.74, 6) is -5.38. The van der Waals surface area contributed by atoms with E-state index in [0.717, 1.165) is 97.8 Å². The van der Waals surface area contributed by atoms with Gasteiger partial charge in [-0.1, -0.05) is 90.0 Å². The molecule has 15 nitrogen and oxygen atoms in total. The Morgan fingerprint density at radius 3 is 2.00 bits per heavy atom. The SMILES string of the molecule is CCCCCCC(O)CCCCCCCC(N)(CO)C(O)C(CC1C=CCCCCCCC(=O)CCCCCC(=O)O1)(OC(C)=O)C(COC(C)=O)(NC(C)=O)C(=O)O. The van der Waals surface area contributed by atoms with Crippen LogP contribution < -0.4 is 11.1 Å². The molecule has 1 rings (SSSR count). The molecule has 6 atom stereocenters. The van der Waals surface area contributed by atoms with Crippen molar-refractivity contribution in [3.63, 3.8) is 0 Å². The van der Waals surface area contributed by atoms with E-state index in [1.165, 1.54) is 6.08 Å². The van der Waals surface area contributed by atoms with Gasteiger partial charge in [0.05, 0.1) is 18.2 Å². The van der Waals surface area contributed by atoms with Gasteiger partial charge in [-0.3, -0.25) is 24.0 Å². The zero-order chi connectivity index (χ0) is 44.3. The number of carbonyl (C=O) groups is 6. The lowest BCUT2D eigenvalue weighted by atomic mass is 9.65. The molecule has 0 saturated heterocycles. The number of cyclic esters (lactones) is 1. The van der Waals surface area contributed by atoms with Gasteiger partial charge < -0.3 is 45.7 Å². The third kappa shape index (κ3) is 19.7. The number of nitrogens with one attached hydrogen (secondary N) is 1. The number of Topliss-reactive ketones (excluding diaryl/α,β-unsaturated/α-hetero) is 1. The van der Waals surface area contributed by atoms with Crippen LogP contribution >= 0.6 is 0 Å². The minimum Gasteiger partial charge on any atom is -0.479 e. The van der Waals surface area contributed by atoms with Gasteiger partial charge in [0.1, 0.15) is 24.6 Å². The molecule has 1 amide bonds. The number of hydrogen-bond donors (Lipinski definition) is 6. The third-order valence-corrected chi connectivity index (χ3v) is 11.2. The van der Waals surface area contributed by atoms with E-state index < -0.39 is 78.3 Å². The predicted octanol–water partition coefficient (Wildman–Crippen LogP) is 5.66. The van der Waals surface area contributed by atoms with Crippen molar-refractivity contribution in [3.05, 3.63) is 12.2 Å². The summed E-state index contributed by atoms with van der Waals surface area (Å²) in [5.41, 5.74) is -1.02. The van der Waals surface area contributed by atoms with Crippen LogP contribution in [0.3, 0.4) is 0 Å². The first-order chi connectivity index (χ1) is 28.0. The minimum absolute atomic E-state index is 0.0553. The normalized spacial score (nSPS) is 20.4. The van der Waals surface area contributed by atoms with Crippen LogP contribution in [0.15, 0.2) is 12.2 Å². The quantitative estimate of drug-likeness (QED) is 0.0297. The minimum atomic E-state index is -2.92. The monoisotopic (exact) mass is 841 g/mol. The number of carboxylic acid groups (broad SMARTS) is 1. The zero-order valence-corrected chi connectivity index (χ0v) is 36.3. The third-order valence-electron chi connectivity index (χ3n) is 11.2. The predicted molar refractivity (Wildman–Crippen MR) is 222 cm³/mol. The van der Waals surface area contributed by atoms with E-state index in [9.17, 15) is 49.2 Å². The van der Waals surface area contributed by atoms with Crippen LogP contribution in [0.25, 0.3) is 0 Å². The number of amides is 1. The zero-order valence-electron chi connectivity index (χ0n) is 36.3. The van der Waals surface area contributed by atoms with E-state index in [4.69, 9.17) is 19.9 Å². The molecule has 340 valence electrons. The molecule has 0 saturated carbocycles. The molecular formula is C44H76N2O13. The highest BCUT2D eigenvalue weighted by Crippen LogP contribution is 2.42. The van der Waals surface area contributed by atoms with Crippen molar-refractivity contribution in [3.8, 4) is 0 Å². The van der Waals surface area contributed by atoms with Gasteiger partial charge >= 0.3 is 23.9 Å². The molecule has 1 aliphatic rings. The van der Waals surface area contributed by atoms with Crippen molar-refractivity contribution >= 4 is 35.6 Å². The molecule has 0 aliphatic carbocycles. The van der Waals surface area contributed by atoms with E-state index in [-0.39, 0.29) is 24.7 Å². The highest BCUT2D eigenvalue weighted by molar-refractivity contribution is 5.89. The standard InChI is InChI=1S/C44H76N2O13/c1-5-6-7-16-23-36(51)25-18-12-10-14-22-29-42(45,31-47)40(54)44(59-35(4)50,43(41(55)56,46-33(2)48)32-57-34(3)49)30-38-27-20-13-9-8-11-17-24-37(52)26-19-15-21-28-39(53)58-38/h20,27,36,38,40,47,51,54H,5-19,21-26,28-32,45H2,1-4H3,(H,46,48)(H,55,56). The summed E-state index contributed by atoms with van der Waals surface area (Å²) in [4.78, 5) is 77.5. The van der Waals surface area contributed by atoms with Crippen LogP contribution in [0.2, 0.25) is 0 Å². The highest BCUT2D eigenvalue weighted by Gasteiger charge is 2.69. The summed E-state index contributed by atoms with van der Waals surface area (Å²) in [6.07, 6.45) is 13.5. The number of esters is 3. The van der Waals surface area contributed by atoms with E-state index in [1.54, 1.807) is 6.08 Å². The molecule has 0 aromatic carbocycles. The van der Waals surface area contributed by atoms with Crippen LogP contribution in [-0.2, 0) is 43.0 Å². The number of ether oxygens (including phenoxy) is 3. The van der Waals surface area contributed by atoms with Crippen molar-refractivity contribution in [1.29, 1.82) is 0 Å². The fourth-order valence-electron chi connectivity index (χ4n) is 7.87. The van der Waals surface area contributed by atoms with E-state index in [0.29, 0.717) is 57.8 Å². The molecule has 1 aliphatic heterocycles. The summed E-state index contributed by atoms with van der Waals surface area (Å²) < 4.78 is 17.0. The Kier molecular flexibility index (Phi) is 26.3. The molecule has 15 heteroatoms. The fraction of sp³-hybridized carbons (Fsp3) is 0.818. The Morgan fingerprint density at radius 1 is 0.847 bits per heavy atom. The van der Waals surface area contributed by atoms with Gasteiger partial charge in [0, 0.05) is 46.5 Å². The number of hydrogen-bond acceptors (Lipinski definition) is 13. The number of allylic oxidation sites excluding steroid dienone is 1. The highest BCUT2D eigenvalue weighted by atomic mass is 16.6. The molecule has 0 fully saturated rings. The lowest BCUT2D eigenvalue weighted by molar-refractivity contribution is -0.224. The maximum atomic E-state index is 13.6. The second-order valence-corrected chi connectivity index (χ2v) is 16.5. The number of unbranched alkanes of at least 4 members (excludes halogenated alkanes) is 7. The number of rotatable bonds is 24. The number of aliphatic hydroxyl groups excluding tert-OH is 3. The Hall–Kier alpha value is -3.40. The van der Waals surface area contributed by atoms with E-state index >= 15 is 0 Å². The van der Waals surface area contributed by atoms with Gasteiger partial charge in [-0.15, -0.1) is 0 Å². The number of carboxylic acids is 1. The molecule has 0 aromatic rings. The lowest BCUT2D eigenvalue weighted by Gasteiger charge is -2.53. The molecule has 1 heterocycles. The largest absolute Gasteiger partial charge is 0.479 e. The topological polar surface area (TPSA) is 249 Å². The van der Waals surface area contributed by atoms with Gasteiger partial charge in [0.25, 0.3) is 0 Å². The number of aliphatic hydroxyl groups is 3. The maximum Gasteiger partial charge on any atom is 0.337 e. The van der Waals surface area contributed by atoms with Gasteiger partial charge in [-0.05, 0) is 57.4 Å².